The van der Waals surface area contributed by atoms with Crippen molar-refractivity contribution < 1.29 is 28.8 Å². The largest absolute Gasteiger partial charge is 0.497 e. The van der Waals surface area contributed by atoms with E-state index in [1.807, 2.05) is 86.3 Å². The number of fused-ring (bicyclic) bond motifs is 1. The molecule has 1 fully saturated rings. The molecule has 6 rings (SSSR count). The molecular formula is C43H54N6O6. The van der Waals surface area contributed by atoms with Gasteiger partial charge in [0.25, 0.3) is 0 Å². The van der Waals surface area contributed by atoms with Crippen LogP contribution in [0.25, 0.3) is 5.65 Å². The summed E-state index contributed by atoms with van der Waals surface area (Å²) < 4.78 is 24.1. The summed E-state index contributed by atoms with van der Waals surface area (Å²) in [7, 11) is 3.31. The van der Waals surface area contributed by atoms with Crippen LogP contribution in [0.3, 0.4) is 0 Å². The maximum atomic E-state index is 12.5. The summed E-state index contributed by atoms with van der Waals surface area (Å²) in [6.45, 7) is 10.7. The number of hydrogen-bond acceptors (Lipinski definition) is 10. The van der Waals surface area contributed by atoms with Gasteiger partial charge in [0.2, 0.25) is 0 Å². The molecule has 0 bridgehead atoms. The molecule has 292 valence electrons. The van der Waals surface area contributed by atoms with Crippen LogP contribution in [-0.2, 0) is 24.2 Å². The van der Waals surface area contributed by atoms with Crippen LogP contribution in [0.4, 0.5) is 10.6 Å². The summed E-state index contributed by atoms with van der Waals surface area (Å²) in [6, 6.07) is 24.2. The number of imidazole rings is 1. The zero-order valence-corrected chi connectivity index (χ0v) is 32.9. The average molecular weight is 751 g/mol. The first-order chi connectivity index (χ1) is 26.5. The summed E-state index contributed by atoms with van der Waals surface area (Å²) in [4.78, 5) is 26.2. The Morgan fingerprint density at radius 1 is 0.891 bits per heavy atom. The third-order valence-corrected chi connectivity index (χ3v) is 9.81. The maximum absolute atomic E-state index is 12.5. The second-order valence-corrected chi connectivity index (χ2v) is 15.1. The summed E-state index contributed by atoms with van der Waals surface area (Å²) in [6.07, 6.45) is 4.99. The maximum Gasteiger partial charge on any atom is 0.410 e. The number of aromatic nitrogens is 4. The van der Waals surface area contributed by atoms with Crippen LogP contribution in [0.5, 0.6) is 17.5 Å². The predicted octanol–water partition coefficient (Wildman–Crippen LogP) is 7.80. The second kappa shape index (κ2) is 17.9. The zero-order chi connectivity index (χ0) is 39.0. The van der Waals surface area contributed by atoms with Crippen LogP contribution < -0.4 is 19.1 Å². The Morgan fingerprint density at radius 3 is 2.02 bits per heavy atom. The number of hydrogen-bond donors (Lipinski definition) is 1. The number of nitrogens with zero attached hydrogens (tertiary/aromatic N) is 6. The lowest BCUT2D eigenvalue weighted by atomic mass is 9.90. The van der Waals surface area contributed by atoms with Crippen molar-refractivity contribution in [3.8, 4) is 17.5 Å². The van der Waals surface area contributed by atoms with Crippen molar-refractivity contribution in [1.29, 1.82) is 0 Å². The van der Waals surface area contributed by atoms with Gasteiger partial charge in [0.15, 0.2) is 11.5 Å². The molecule has 5 aromatic rings. The molecule has 0 radical (unpaired) electrons. The van der Waals surface area contributed by atoms with Gasteiger partial charge < -0.3 is 33.9 Å². The molecule has 1 aliphatic rings. The summed E-state index contributed by atoms with van der Waals surface area (Å²) in [5.41, 5.74) is 4.55. The fraction of sp³-hybridized carbons (Fsp3) is 0.442. The van der Waals surface area contributed by atoms with Gasteiger partial charge in [0.05, 0.1) is 32.7 Å². The number of carbonyl (C=O) groups is 1. The van der Waals surface area contributed by atoms with E-state index in [4.69, 9.17) is 34.0 Å². The van der Waals surface area contributed by atoms with Crippen LogP contribution in [0.15, 0.2) is 79.0 Å². The molecular weight excluding hydrogens is 697 g/mol. The quantitative estimate of drug-likeness (QED) is 0.106. The average Bonchev–Trinajstić information content (AvgIpc) is 3.62. The Bertz CT molecular complexity index is 1930. The summed E-state index contributed by atoms with van der Waals surface area (Å²) >= 11 is 0. The van der Waals surface area contributed by atoms with Crippen molar-refractivity contribution in [1.82, 2.24) is 24.5 Å². The van der Waals surface area contributed by atoms with Crippen molar-refractivity contribution in [2.45, 2.75) is 84.6 Å². The molecule has 0 spiro atoms. The standard InChI is InChI=1S/C43H54N6O6/c1-7-8-25-54-41-45-40(48(28-32-11-17-35(52-5)18-12-32)29-33-13-19-36(53-6)20-14-33)39-44-27-37(49(39)46-41)38(50)34-15-9-30(10-16-34)26-31-21-23-47(24-22-31)42(51)55-43(2,3)4/h9-20,27,31,38,50H,7-8,21-26,28-29H2,1-6H3. The molecule has 0 aliphatic carbocycles. The molecule has 1 amide bonds. The highest BCUT2D eigenvalue weighted by Crippen LogP contribution is 2.31. The smallest absolute Gasteiger partial charge is 0.410 e. The molecule has 1 N–H and O–H groups in total. The van der Waals surface area contributed by atoms with E-state index in [0.717, 1.165) is 60.3 Å². The number of amides is 1. The Morgan fingerprint density at radius 2 is 1.47 bits per heavy atom. The number of carbonyl (C=O) groups excluding carboxylic acids is 1. The van der Waals surface area contributed by atoms with Gasteiger partial charge in [-0.15, -0.1) is 5.10 Å². The molecule has 12 heteroatoms. The monoisotopic (exact) mass is 750 g/mol. The Balaban J connectivity index is 1.25. The van der Waals surface area contributed by atoms with Crippen molar-refractivity contribution in [2.24, 2.45) is 5.92 Å². The lowest BCUT2D eigenvalue weighted by Gasteiger charge is -2.33. The fourth-order valence-electron chi connectivity index (χ4n) is 6.73. The normalized spacial score (nSPS) is 14.1. The molecule has 1 unspecified atom stereocenters. The number of rotatable bonds is 15. The number of ether oxygens (including phenoxy) is 4. The molecule has 0 saturated carbocycles. The third kappa shape index (κ3) is 10.2. The van der Waals surface area contributed by atoms with E-state index < -0.39 is 11.7 Å². The summed E-state index contributed by atoms with van der Waals surface area (Å²) in [5, 5.41) is 16.6. The van der Waals surface area contributed by atoms with Crippen molar-refractivity contribution in [3.05, 3.63) is 107 Å². The van der Waals surface area contributed by atoms with E-state index in [1.165, 1.54) is 5.56 Å². The number of likely N-dealkylation sites (tertiary alicyclic amines) is 1. The van der Waals surface area contributed by atoms with Gasteiger partial charge in [-0.05, 0) is 98.9 Å². The number of benzene rings is 3. The topological polar surface area (TPSA) is 124 Å². The van der Waals surface area contributed by atoms with Gasteiger partial charge in [0, 0.05) is 26.2 Å². The molecule has 12 nitrogen and oxygen atoms in total. The minimum Gasteiger partial charge on any atom is -0.497 e. The highest BCUT2D eigenvalue weighted by Gasteiger charge is 2.28. The van der Waals surface area contributed by atoms with E-state index in [1.54, 1.807) is 24.9 Å². The number of piperidine rings is 1. The Labute approximate surface area is 324 Å². The predicted molar refractivity (Wildman–Crippen MR) is 212 cm³/mol. The van der Waals surface area contributed by atoms with Gasteiger partial charge in [-0.1, -0.05) is 61.9 Å². The Kier molecular flexibility index (Phi) is 12.8. The fourth-order valence-corrected chi connectivity index (χ4v) is 6.73. The van der Waals surface area contributed by atoms with Crippen molar-refractivity contribution in [2.75, 3.05) is 38.8 Å². The van der Waals surface area contributed by atoms with Crippen LogP contribution in [0.1, 0.15) is 87.4 Å². The lowest BCUT2D eigenvalue weighted by molar-refractivity contribution is 0.0184. The SMILES string of the molecule is CCCCOc1nc(N(Cc2ccc(OC)cc2)Cc2ccc(OC)cc2)c2ncc(C(O)c3ccc(CC4CCN(C(=O)OC(C)(C)C)CC4)cc3)n2n1. The van der Waals surface area contributed by atoms with Crippen LogP contribution >= 0.6 is 0 Å². The van der Waals surface area contributed by atoms with Crippen molar-refractivity contribution in [3.63, 3.8) is 0 Å². The zero-order valence-electron chi connectivity index (χ0n) is 32.9. The van der Waals surface area contributed by atoms with Crippen molar-refractivity contribution >= 4 is 17.6 Å². The molecule has 1 atom stereocenters. The number of aliphatic hydroxyl groups is 1. The number of unbranched alkanes of at least 4 members (excludes halogenated alkanes) is 1. The minimum absolute atomic E-state index is 0.213. The van der Waals surface area contributed by atoms with Gasteiger partial charge in [-0.2, -0.15) is 4.98 Å². The van der Waals surface area contributed by atoms with Crippen LogP contribution in [0.2, 0.25) is 0 Å². The van der Waals surface area contributed by atoms with Gasteiger partial charge >= 0.3 is 12.1 Å². The van der Waals surface area contributed by atoms with Gasteiger partial charge in [0.1, 0.15) is 23.2 Å². The highest BCUT2D eigenvalue weighted by atomic mass is 16.6. The molecule has 3 heterocycles. The molecule has 1 saturated heterocycles. The molecule has 3 aromatic carbocycles. The van der Waals surface area contributed by atoms with Crippen LogP contribution in [-0.4, -0.2) is 75.2 Å². The first-order valence-corrected chi connectivity index (χ1v) is 19.2. The third-order valence-electron chi connectivity index (χ3n) is 9.81. The second-order valence-electron chi connectivity index (χ2n) is 15.1. The van der Waals surface area contributed by atoms with Crippen LogP contribution in [0, 0.1) is 5.92 Å². The van der Waals surface area contributed by atoms with E-state index in [9.17, 15) is 9.90 Å². The highest BCUT2D eigenvalue weighted by molar-refractivity contribution is 5.68. The number of aliphatic hydroxyl groups excluding tert-OH is 1. The van der Waals surface area contributed by atoms with E-state index in [-0.39, 0.29) is 12.1 Å². The van der Waals surface area contributed by atoms with E-state index >= 15 is 0 Å². The first-order valence-electron chi connectivity index (χ1n) is 19.2. The first kappa shape index (κ1) is 39.3. The molecule has 1 aliphatic heterocycles. The van der Waals surface area contributed by atoms with Gasteiger partial charge in [-0.3, -0.25) is 0 Å². The minimum atomic E-state index is -0.996. The Hall–Kier alpha value is -5.36. The molecule has 2 aromatic heterocycles. The number of anilines is 1. The number of methoxy groups -OCH3 is 2. The van der Waals surface area contributed by atoms with E-state index in [2.05, 4.69) is 24.0 Å². The summed E-state index contributed by atoms with van der Waals surface area (Å²) in [5.74, 6) is 2.61. The molecule has 55 heavy (non-hydrogen) atoms. The van der Waals surface area contributed by atoms with E-state index in [0.29, 0.717) is 55.9 Å². The van der Waals surface area contributed by atoms with Gasteiger partial charge in [-0.25, -0.2) is 14.3 Å². The lowest BCUT2D eigenvalue weighted by Crippen LogP contribution is -2.42.